The molecule has 0 unspecified atom stereocenters. The Kier molecular flexibility index (Phi) is 4.17. The molecule has 0 aliphatic heterocycles. The third-order valence-corrected chi connectivity index (χ3v) is 4.98. The molecule has 1 aromatic heterocycles. The van der Waals surface area contributed by atoms with Gasteiger partial charge in [-0.05, 0) is 24.4 Å². The van der Waals surface area contributed by atoms with Crippen molar-refractivity contribution in [1.82, 2.24) is 4.72 Å². The fourth-order valence-corrected chi connectivity index (χ4v) is 3.38. The quantitative estimate of drug-likeness (QED) is 0.678. The second-order valence-corrected chi connectivity index (χ2v) is 6.91. The number of nitrogens with zero attached hydrogens (tertiary/aromatic N) is 1. The van der Waals surface area contributed by atoms with Gasteiger partial charge in [0, 0.05) is 23.1 Å². The Labute approximate surface area is 120 Å². The molecule has 2 aromatic rings. The van der Waals surface area contributed by atoms with Gasteiger partial charge in [-0.3, -0.25) is 10.1 Å². The highest BCUT2D eigenvalue weighted by Gasteiger charge is 2.19. The summed E-state index contributed by atoms with van der Waals surface area (Å²) in [4.78, 5) is 11.0. The molecule has 1 N–H and O–H groups in total. The molecule has 20 heavy (non-hydrogen) atoms. The van der Waals surface area contributed by atoms with Crippen LogP contribution in [0.3, 0.4) is 0 Å². The lowest BCUT2D eigenvalue weighted by molar-refractivity contribution is -0.385. The Bertz CT molecular complexity index is 724. The number of hydrogen-bond donors (Lipinski definition) is 1. The van der Waals surface area contributed by atoms with E-state index in [1.165, 1.54) is 23.5 Å². The summed E-state index contributed by atoms with van der Waals surface area (Å²) in [6, 6.07) is 7.50. The van der Waals surface area contributed by atoms with E-state index < -0.39 is 14.9 Å². The molecule has 6 nitrogen and oxygen atoms in total. The number of nitro benzene ring substituents is 1. The van der Waals surface area contributed by atoms with Gasteiger partial charge in [0.1, 0.15) is 0 Å². The minimum absolute atomic E-state index is 0.105. The minimum Gasteiger partial charge on any atom is -0.258 e. The van der Waals surface area contributed by atoms with E-state index >= 15 is 0 Å². The van der Waals surface area contributed by atoms with Gasteiger partial charge in [0.15, 0.2) is 0 Å². The van der Waals surface area contributed by atoms with Gasteiger partial charge in [-0.15, -0.1) is 11.3 Å². The predicted octanol–water partition coefficient (Wildman–Crippen LogP) is 2.44. The Hall–Kier alpha value is -1.77. The van der Waals surface area contributed by atoms with Gasteiger partial charge in [-0.25, -0.2) is 13.1 Å². The lowest BCUT2D eigenvalue weighted by Crippen LogP contribution is -2.22. The van der Waals surface area contributed by atoms with Gasteiger partial charge in [0.2, 0.25) is 10.0 Å². The number of hydrogen-bond acceptors (Lipinski definition) is 5. The lowest BCUT2D eigenvalue weighted by atomic mass is 10.2. The van der Waals surface area contributed by atoms with Crippen molar-refractivity contribution in [2.45, 2.75) is 18.4 Å². The number of rotatable bonds is 5. The van der Waals surface area contributed by atoms with E-state index in [9.17, 15) is 18.5 Å². The predicted molar refractivity (Wildman–Crippen MR) is 76.2 cm³/mol. The summed E-state index contributed by atoms with van der Waals surface area (Å²) in [6.45, 7) is 1.73. The van der Waals surface area contributed by atoms with Crippen LogP contribution < -0.4 is 4.72 Å². The summed E-state index contributed by atoms with van der Waals surface area (Å²) in [6.07, 6.45) is 0. The monoisotopic (exact) mass is 312 g/mol. The number of nitro groups is 1. The molecule has 0 atom stereocenters. The molecule has 0 amide bonds. The molecule has 0 saturated heterocycles. The largest absolute Gasteiger partial charge is 0.273 e. The lowest BCUT2D eigenvalue weighted by Gasteiger charge is -2.06. The van der Waals surface area contributed by atoms with Crippen LogP contribution in [0.1, 0.15) is 10.4 Å². The SMILES string of the molecule is Cc1ccc(S(=O)(=O)NCc2cccs2)cc1[N+](=O)[O-]. The van der Waals surface area contributed by atoms with E-state index in [2.05, 4.69) is 4.72 Å². The molecule has 0 fully saturated rings. The Morgan fingerprint density at radius 1 is 1.35 bits per heavy atom. The van der Waals surface area contributed by atoms with Crippen molar-refractivity contribution < 1.29 is 13.3 Å². The molecule has 106 valence electrons. The van der Waals surface area contributed by atoms with E-state index in [1.807, 2.05) is 17.5 Å². The number of nitrogens with one attached hydrogen (secondary N) is 1. The van der Waals surface area contributed by atoms with Gasteiger partial charge in [-0.1, -0.05) is 12.1 Å². The molecule has 0 bridgehead atoms. The maximum atomic E-state index is 12.1. The molecule has 0 aliphatic rings. The van der Waals surface area contributed by atoms with Gasteiger partial charge in [0.05, 0.1) is 9.82 Å². The molecular weight excluding hydrogens is 300 g/mol. The highest BCUT2D eigenvalue weighted by molar-refractivity contribution is 7.89. The molecule has 2 rings (SSSR count). The van der Waals surface area contributed by atoms with Crippen molar-refractivity contribution >= 4 is 27.0 Å². The van der Waals surface area contributed by atoms with E-state index in [0.29, 0.717) is 5.56 Å². The summed E-state index contributed by atoms with van der Waals surface area (Å²) < 4.78 is 26.6. The van der Waals surface area contributed by atoms with Crippen LogP contribution in [0.15, 0.2) is 40.6 Å². The van der Waals surface area contributed by atoms with Crippen LogP contribution in [-0.4, -0.2) is 13.3 Å². The zero-order valence-electron chi connectivity index (χ0n) is 10.6. The number of aryl methyl sites for hydroxylation is 1. The second-order valence-electron chi connectivity index (χ2n) is 4.11. The maximum absolute atomic E-state index is 12.1. The van der Waals surface area contributed by atoms with Gasteiger partial charge < -0.3 is 0 Å². The molecule has 0 radical (unpaired) electrons. The Morgan fingerprint density at radius 2 is 2.10 bits per heavy atom. The van der Waals surface area contributed by atoms with Crippen molar-refractivity contribution in [1.29, 1.82) is 0 Å². The standard InChI is InChI=1S/C12H12N2O4S2/c1-9-4-5-11(7-12(9)14(15)16)20(17,18)13-8-10-3-2-6-19-10/h2-7,13H,8H2,1H3. The van der Waals surface area contributed by atoms with Crippen molar-refractivity contribution in [3.8, 4) is 0 Å². The van der Waals surface area contributed by atoms with Gasteiger partial charge in [-0.2, -0.15) is 0 Å². The smallest absolute Gasteiger partial charge is 0.258 e. The first-order valence-corrected chi connectivity index (χ1v) is 8.03. The van der Waals surface area contributed by atoms with Crippen molar-refractivity contribution in [3.63, 3.8) is 0 Å². The summed E-state index contributed by atoms with van der Waals surface area (Å²) >= 11 is 1.43. The summed E-state index contributed by atoms with van der Waals surface area (Å²) in [5, 5.41) is 12.7. The molecule has 0 spiro atoms. The van der Waals surface area contributed by atoms with Crippen molar-refractivity contribution in [3.05, 3.63) is 56.3 Å². The molecular formula is C12H12N2O4S2. The average Bonchev–Trinajstić information content (AvgIpc) is 2.89. The summed E-state index contributed by atoms with van der Waals surface area (Å²) in [7, 11) is -3.76. The van der Waals surface area contributed by atoms with Gasteiger partial charge >= 0.3 is 0 Å². The van der Waals surface area contributed by atoms with E-state index in [0.717, 1.165) is 10.9 Å². The highest BCUT2D eigenvalue weighted by Crippen LogP contribution is 2.22. The molecule has 1 heterocycles. The zero-order chi connectivity index (χ0) is 14.8. The normalized spacial score (nSPS) is 11.4. The number of thiophene rings is 1. The first-order valence-electron chi connectivity index (χ1n) is 5.67. The minimum atomic E-state index is -3.76. The molecule has 1 aromatic carbocycles. The Balaban J connectivity index is 2.25. The summed E-state index contributed by atoms with van der Waals surface area (Å²) in [5.74, 6) is 0. The Morgan fingerprint density at radius 3 is 2.70 bits per heavy atom. The first kappa shape index (κ1) is 14.6. The number of benzene rings is 1. The van der Waals surface area contributed by atoms with Crippen LogP contribution in [0.2, 0.25) is 0 Å². The van der Waals surface area contributed by atoms with Crippen molar-refractivity contribution in [2.75, 3.05) is 0 Å². The highest BCUT2D eigenvalue weighted by atomic mass is 32.2. The first-order chi connectivity index (χ1) is 9.40. The van der Waals surface area contributed by atoms with E-state index in [4.69, 9.17) is 0 Å². The fraction of sp³-hybridized carbons (Fsp3) is 0.167. The topological polar surface area (TPSA) is 89.3 Å². The summed E-state index contributed by atoms with van der Waals surface area (Å²) in [5.41, 5.74) is 0.219. The van der Waals surface area contributed by atoms with E-state index in [1.54, 1.807) is 6.92 Å². The average molecular weight is 312 g/mol. The van der Waals surface area contributed by atoms with E-state index in [-0.39, 0.29) is 17.1 Å². The van der Waals surface area contributed by atoms with Crippen LogP contribution in [-0.2, 0) is 16.6 Å². The van der Waals surface area contributed by atoms with Crippen LogP contribution >= 0.6 is 11.3 Å². The molecule has 8 heteroatoms. The second kappa shape index (κ2) is 5.70. The molecule has 0 saturated carbocycles. The fourth-order valence-electron chi connectivity index (χ4n) is 1.62. The van der Waals surface area contributed by atoms with Crippen LogP contribution in [0.25, 0.3) is 0 Å². The third kappa shape index (κ3) is 3.21. The van der Waals surface area contributed by atoms with Crippen LogP contribution in [0, 0.1) is 17.0 Å². The van der Waals surface area contributed by atoms with Gasteiger partial charge in [0.25, 0.3) is 5.69 Å². The third-order valence-electron chi connectivity index (χ3n) is 2.70. The van der Waals surface area contributed by atoms with Crippen LogP contribution in [0.4, 0.5) is 5.69 Å². The number of sulfonamides is 1. The maximum Gasteiger partial charge on any atom is 0.273 e. The van der Waals surface area contributed by atoms with Crippen LogP contribution in [0.5, 0.6) is 0 Å². The van der Waals surface area contributed by atoms with Crippen molar-refractivity contribution in [2.24, 2.45) is 0 Å². The molecule has 0 aliphatic carbocycles. The zero-order valence-corrected chi connectivity index (χ0v) is 12.2.